The van der Waals surface area contributed by atoms with Gasteiger partial charge in [-0.2, -0.15) is 0 Å². The molecule has 5 aliphatic rings. The van der Waals surface area contributed by atoms with Crippen LogP contribution in [0.2, 0.25) is 10.0 Å². The van der Waals surface area contributed by atoms with Gasteiger partial charge < -0.3 is 34.2 Å². The molecule has 5 aliphatic heterocycles. The molecule has 3 unspecified atom stereocenters. The fourth-order valence-corrected chi connectivity index (χ4v) is 10.1. The van der Waals surface area contributed by atoms with Crippen LogP contribution in [0.25, 0.3) is 0 Å². The Morgan fingerprint density at radius 3 is 2.09 bits per heavy atom. The molecule has 5 heterocycles. The second-order valence-electron chi connectivity index (χ2n) is 15.7. The van der Waals surface area contributed by atoms with Crippen molar-refractivity contribution < 1.29 is 33.4 Å². The van der Waals surface area contributed by atoms with Gasteiger partial charge in [-0.05, 0) is 75.8 Å². The van der Waals surface area contributed by atoms with Gasteiger partial charge in [0.1, 0.15) is 12.4 Å². The fourth-order valence-electron chi connectivity index (χ4n) is 9.52. The number of amides is 2. The lowest BCUT2D eigenvalue weighted by atomic mass is 9.78. The molecular weight excluding hydrogens is 769 g/mol. The lowest BCUT2D eigenvalue weighted by Crippen LogP contribution is -2.56. The van der Waals surface area contributed by atoms with Crippen molar-refractivity contribution >= 4 is 47.0 Å². The molecule has 2 amide bonds. The van der Waals surface area contributed by atoms with Crippen LogP contribution in [0.1, 0.15) is 68.4 Å². The molecule has 0 aliphatic carbocycles. The van der Waals surface area contributed by atoms with Gasteiger partial charge in [-0.25, -0.2) is 9.59 Å². The first kappa shape index (κ1) is 41.1. The first-order valence-corrected chi connectivity index (χ1v) is 20.9. The van der Waals surface area contributed by atoms with Gasteiger partial charge in [0, 0.05) is 84.3 Å². The zero-order valence-electron chi connectivity index (χ0n) is 33.1. The number of fused-ring (bicyclic) bond motifs is 2. The minimum atomic E-state index is -1.09. The monoisotopic (exact) mass is 821 g/mol. The summed E-state index contributed by atoms with van der Waals surface area (Å²) in [5.74, 6) is -1.82. The van der Waals surface area contributed by atoms with Gasteiger partial charge in [0.05, 0.1) is 44.2 Å². The molecule has 3 atom stereocenters. The van der Waals surface area contributed by atoms with Crippen molar-refractivity contribution in [3.05, 3.63) is 86.2 Å². The van der Waals surface area contributed by atoms with E-state index in [2.05, 4.69) is 22.2 Å². The van der Waals surface area contributed by atoms with E-state index in [0.717, 1.165) is 31.6 Å². The molecule has 0 radical (unpaired) electrons. The summed E-state index contributed by atoms with van der Waals surface area (Å²) in [7, 11) is 4.80. The number of ether oxygens (including phenoxy) is 3. The summed E-state index contributed by atoms with van der Waals surface area (Å²) >= 11 is 13.7. The first-order chi connectivity index (χ1) is 27.6. The van der Waals surface area contributed by atoms with E-state index >= 15 is 0 Å². The van der Waals surface area contributed by atoms with E-state index in [-0.39, 0.29) is 45.8 Å². The van der Waals surface area contributed by atoms with E-state index in [1.165, 1.54) is 39.9 Å². The summed E-state index contributed by atoms with van der Waals surface area (Å²) in [5, 5.41) is 3.87. The van der Waals surface area contributed by atoms with Crippen LogP contribution in [0, 0.1) is 0 Å². The second kappa shape index (κ2) is 18.2. The number of hydrogen-bond acceptors (Lipinski definition) is 10. The molecule has 2 aromatic carbocycles. The van der Waals surface area contributed by atoms with Crippen LogP contribution in [0.15, 0.2) is 65.0 Å². The molecule has 0 spiro atoms. The molecular formula is C43H53Cl2N5O7. The number of rotatable bonds is 13. The molecule has 0 aromatic heterocycles. The summed E-state index contributed by atoms with van der Waals surface area (Å²) in [5.41, 5.74) is 2.24. The summed E-state index contributed by atoms with van der Waals surface area (Å²) in [4.78, 5) is 62.9. The number of carbonyl (C=O) groups is 4. The SMILES string of the molecule is COC(=O)C1=C(CCc2ccccc2OCCN2CCCC2=O)NC(CC(=O)N2CCN(C3CC4CCC(C3)N4C)CC2)=C(C(=O)OC)C1c1c(Cl)cccc1Cl. The number of benzene rings is 2. The number of halogens is 2. The third-order valence-corrected chi connectivity index (χ3v) is 13.3. The molecule has 2 aromatic rings. The zero-order chi connectivity index (χ0) is 40.2. The van der Waals surface area contributed by atoms with Crippen LogP contribution in [-0.4, -0.2) is 129 Å². The molecule has 1 N–H and O–H groups in total. The maximum Gasteiger partial charge on any atom is 0.336 e. The molecule has 12 nitrogen and oxygen atoms in total. The van der Waals surface area contributed by atoms with Crippen LogP contribution in [0.3, 0.4) is 0 Å². The number of piperazine rings is 1. The van der Waals surface area contributed by atoms with Crippen molar-refractivity contribution in [2.75, 3.05) is 67.1 Å². The second-order valence-corrected chi connectivity index (χ2v) is 16.5. The average molecular weight is 823 g/mol. The number of nitrogens with zero attached hydrogens (tertiary/aromatic N) is 4. The number of methoxy groups -OCH3 is 2. The number of carbonyl (C=O) groups excluding carboxylic acids is 4. The first-order valence-electron chi connectivity index (χ1n) is 20.1. The van der Waals surface area contributed by atoms with Crippen molar-refractivity contribution in [2.24, 2.45) is 0 Å². The van der Waals surface area contributed by atoms with Gasteiger partial charge in [0.15, 0.2) is 0 Å². The molecule has 4 fully saturated rings. The summed E-state index contributed by atoms with van der Waals surface area (Å²) in [6.07, 6.45) is 6.87. The summed E-state index contributed by atoms with van der Waals surface area (Å²) < 4.78 is 16.9. The third kappa shape index (κ3) is 8.84. The molecule has 57 heavy (non-hydrogen) atoms. The highest BCUT2D eigenvalue weighted by Crippen LogP contribution is 2.46. The normalized spacial score (nSPS) is 24.2. The van der Waals surface area contributed by atoms with Crippen molar-refractivity contribution in [3.8, 4) is 5.75 Å². The number of aryl methyl sites for hydroxylation is 1. The minimum absolute atomic E-state index is 0.0747. The fraction of sp³-hybridized carbons (Fsp3) is 0.535. The van der Waals surface area contributed by atoms with E-state index in [4.69, 9.17) is 37.4 Å². The van der Waals surface area contributed by atoms with Gasteiger partial charge in [-0.15, -0.1) is 0 Å². The number of nitrogens with one attached hydrogen (secondary N) is 1. The lowest BCUT2D eigenvalue weighted by Gasteiger charge is -2.45. The Kier molecular flexibility index (Phi) is 13.1. The number of likely N-dealkylation sites (tertiary alicyclic amines) is 1. The van der Waals surface area contributed by atoms with E-state index in [1.807, 2.05) is 34.1 Å². The molecule has 2 bridgehead atoms. The lowest BCUT2D eigenvalue weighted by molar-refractivity contribution is -0.137. The maximum atomic E-state index is 14.2. The highest BCUT2D eigenvalue weighted by atomic mass is 35.5. The third-order valence-electron chi connectivity index (χ3n) is 12.6. The van der Waals surface area contributed by atoms with Crippen LogP contribution in [0.5, 0.6) is 5.75 Å². The van der Waals surface area contributed by atoms with E-state index in [9.17, 15) is 19.2 Å². The molecule has 7 rings (SSSR count). The van der Waals surface area contributed by atoms with Crippen LogP contribution < -0.4 is 10.1 Å². The average Bonchev–Trinajstić information content (AvgIpc) is 3.70. The van der Waals surface area contributed by atoms with E-state index in [0.29, 0.717) is 79.9 Å². The number of para-hydroxylation sites is 1. The molecule has 306 valence electrons. The maximum absolute atomic E-state index is 14.2. The van der Waals surface area contributed by atoms with Crippen molar-refractivity contribution in [2.45, 2.75) is 81.8 Å². The topological polar surface area (TPSA) is 121 Å². The molecule has 4 saturated heterocycles. The Balaban J connectivity index is 1.15. The van der Waals surface area contributed by atoms with Crippen molar-refractivity contribution in [1.82, 2.24) is 24.9 Å². The van der Waals surface area contributed by atoms with Crippen LogP contribution in [0.4, 0.5) is 0 Å². The van der Waals surface area contributed by atoms with Crippen molar-refractivity contribution in [1.29, 1.82) is 0 Å². The Morgan fingerprint density at radius 1 is 0.807 bits per heavy atom. The van der Waals surface area contributed by atoms with E-state index in [1.54, 1.807) is 18.2 Å². The number of dihydropyridines is 1. The standard InChI is InChI=1S/C43H53Cl2N5O7/c1-47-28-14-15-29(47)25-30(24-28)48-18-20-50(21-19-48)37(52)26-34-40(43(54)56-3)41(38-31(44)9-6-10-32(38)45)39(42(53)55-2)33(46-34)16-13-27-8-4-5-11-35(27)57-23-22-49-17-7-12-36(49)51/h4-6,8-11,28-30,41,46H,7,12-26H2,1-3H3. The predicted molar refractivity (Wildman–Crippen MR) is 217 cm³/mol. The highest BCUT2D eigenvalue weighted by molar-refractivity contribution is 6.36. The number of esters is 2. The van der Waals surface area contributed by atoms with Crippen LogP contribution >= 0.6 is 23.2 Å². The highest BCUT2D eigenvalue weighted by Gasteiger charge is 2.43. The van der Waals surface area contributed by atoms with Crippen molar-refractivity contribution in [3.63, 3.8) is 0 Å². The van der Waals surface area contributed by atoms with E-state index < -0.39 is 17.9 Å². The van der Waals surface area contributed by atoms with Gasteiger partial charge in [-0.1, -0.05) is 47.5 Å². The number of allylic oxidation sites excluding steroid dienone is 1. The Morgan fingerprint density at radius 2 is 1.46 bits per heavy atom. The zero-order valence-corrected chi connectivity index (χ0v) is 34.6. The summed E-state index contributed by atoms with van der Waals surface area (Å²) in [6, 6.07) is 14.4. The van der Waals surface area contributed by atoms with Crippen LogP contribution in [-0.2, 0) is 35.1 Å². The van der Waals surface area contributed by atoms with Gasteiger partial charge in [-0.3, -0.25) is 14.5 Å². The molecule has 0 saturated carbocycles. The minimum Gasteiger partial charge on any atom is -0.491 e. The largest absolute Gasteiger partial charge is 0.491 e. The smallest absolute Gasteiger partial charge is 0.336 e. The van der Waals surface area contributed by atoms with Gasteiger partial charge >= 0.3 is 11.9 Å². The van der Waals surface area contributed by atoms with Gasteiger partial charge in [0.25, 0.3) is 0 Å². The summed E-state index contributed by atoms with van der Waals surface area (Å²) in [6.45, 7) is 4.33. The van der Waals surface area contributed by atoms with Gasteiger partial charge in [0.2, 0.25) is 11.8 Å². The number of piperidine rings is 1. The molecule has 14 heteroatoms. The quantitative estimate of drug-likeness (QED) is 0.266. The Hall–Kier alpha value is -4.10. The Bertz CT molecular complexity index is 1890. The number of hydrogen-bond donors (Lipinski definition) is 1. The predicted octanol–water partition coefficient (Wildman–Crippen LogP) is 5.33. The Labute approximate surface area is 345 Å².